The standard InChI is InChI=1S/C25H28N2O3/c1-5-16-29-23-8-6-7-9-24(23)30-20-12-10-19(11-13-20)27-25(28)21-14-15-22(17(2)3)26-18(21)4/h6-15,17H,5,16H2,1-4H3,(H,27,28). The fraction of sp³-hybridized carbons (Fsp3) is 0.280. The molecule has 2 aromatic carbocycles. The Kier molecular flexibility index (Phi) is 7.07. The molecule has 0 saturated carbocycles. The minimum Gasteiger partial charge on any atom is -0.490 e. The number of aryl methyl sites for hydroxylation is 1. The molecule has 5 heteroatoms. The molecule has 1 heterocycles. The summed E-state index contributed by atoms with van der Waals surface area (Å²) < 4.78 is 11.7. The molecule has 0 aliphatic rings. The zero-order valence-electron chi connectivity index (χ0n) is 17.9. The van der Waals surface area contributed by atoms with E-state index in [1.165, 1.54) is 0 Å². The largest absolute Gasteiger partial charge is 0.490 e. The molecule has 3 rings (SSSR count). The van der Waals surface area contributed by atoms with Crippen molar-refractivity contribution in [3.63, 3.8) is 0 Å². The van der Waals surface area contributed by atoms with Crippen LogP contribution < -0.4 is 14.8 Å². The Hall–Kier alpha value is -3.34. The van der Waals surface area contributed by atoms with E-state index in [1.807, 2.05) is 67.6 Å². The van der Waals surface area contributed by atoms with Gasteiger partial charge in [0.15, 0.2) is 11.5 Å². The summed E-state index contributed by atoms with van der Waals surface area (Å²) in [5.41, 5.74) is 2.97. The molecule has 3 aromatic rings. The van der Waals surface area contributed by atoms with Crippen LogP contribution in [-0.2, 0) is 0 Å². The maximum Gasteiger partial charge on any atom is 0.257 e. The Bertz CT molecular complexity index is 998. The number of ether oxygens (including phenoxy) is 2. The van der Waals surface area contributed by atoms with Gasteiger partial charge >= 0.3 is 0 Å². The second-order valence-corrected chi connectivity index (χ2v) is 7.40. The van der Waals surface area contributed by atoms with Gasteiger partial charge in [-0.1, -0.05) is 32.9 Å². The first kappa shape index (κ1) is 21.4. The summed E-state index contributed by atoms with van der Waals surface area (Å²) >= 11 is 0. The summed E-state index contributed by atoms with van der Waals surface area (Å²) in [6.07, 6.45) is 0.928. The molecule has 1 aromatic heterocycles. The normalized spacial score (nSPS) is 10.7. The van der Waals surface area contributed by atoms with Crippen LogP contribution in [0.3, 0.4) is 0 Å². The monoisotopic (exact) mass is 404 g/mol. The average molecular weight is 405 g/mol. The Morgan fingerprint density at radius 1 is 1.00 bits per heavy atom. The maximum atomic E-state index is 12.6. The van der Waals surface area contributed by atoms with E-state index in [0.717, 1.165) is 17.8 Å². The van der Waals surface area contributed by atoms with Crippen molar-refractivity contribution >= 4 is 11.6 Å². The molecule has 1 N–H and O–H groups in total. The van der Waals surface area contributed by atoms with Crippen LogP contribution in [0.5, 0.6) is 17.2 Å². The van der Waals surface area contributed by atoms with E-state index in [0.29, 0.717) is 41.0 Å². The van der Waals surface area contributed by atoms with Gasteiger partial charge < -0.3 is 14.8 Å². The van der Waals surface area contributed by atoms with Gasteiger partial charge in [-0.2, -0.15) is 0 Å². The lowest BCUT2D eigenvalue weighted by Gasteiger charge is -2.13. The number of amides is 1. The van der Waals surface area contributed by atoms with Crippen LogP contribution in [-0.4, -0.2) is 17.5 Å². The molecule has 30 heavy (non-hydrogen) atoms. The molecule has 5 nitrogen and oxygen atoms in total. The Labute approximate surface area is 178 Å². The maximum absolute atomic E-state index is 12.6. The third-order valence-corrected chi connectivity index (χ3v) is 4.59. The average Bonchev–Trinajstić information content (AvgIpc) is 2.74. The van der Waals surface area contributed by atoms with Crippen LogP contribution in [0, 0.1) is 6.92 Å². The number of hydrogen-bond acceptors (Lipinski definition) is 4. The zero-order chi connectivity index (χ0) is 21.5. The first-order valence-corrected chi connectivity index (χ1v) is 10.3. The van der Waals surface area contributed by atoms with E-state index in [1.54, 1.807) is 0 Å². The summed E-state index contributed by atoms with van der Waals surface area (Å²) in [5.74, 6) is 2.19. The fourth-order valence-electron chi connectivity index (χ4n) is 2.94. The van der Waals surface area contributed by atoms with Crippen molar-refractivity contribution in [2.75, 3.05) is 11.9 Å². The number of carbonyl (C=O) groups is 1. The van der Waals surface area contributed by atoms with E-state index >= 15 is 0 Å². The van der Waals surface area contributed by atoms with E-state index in [-0.39, 0.29) is 5.91 Å². The molecular formula is C25H28N2O3. The van der Waals surface area contributed by atoms with Crippen molar-refractivity contribution in [1.82, 2.24) is 4.98 Å². The number of carbonyl (C=O) groups excluding carboxylic acids is 1. The number of para-hydroxylation sites is 2. The van der Waals surface area contributed by atoms with Gasteiger partial charge in [0.25, 0.3) is 5.91 Å². The van der Waals surface area contributed by atoms with Crippen molar-refractivity contribution in [1.29, 1.82) is 0 Å². The molecule has 0 atom stereocenters. The molecule has 0 radical (unpaired) electrons. The van der Waals surface area contributed by atoms with E-state index in [9.17, 15) is 4.79 Å². The third-order valence-electron chi connectivity index (χ3n) is 4.59. The third kappa shape index (κ3) is 5.38. The van der Waals surface area contributed by atoms with Crippen molar-refractivity contribution in [2.24, 2.45) is 0 Å². The molecule has 0 bridgehead atoms. The van der Waals surface area contributed by atoms with Gasteiger partial charge in [0.1, 0.15) is 5.75 Å². The first-order valence-electron chi connectivity index (χ1n) is 10.3. The van der Waals surface area contributed by atoms with Gasteiger partial charge in [-0.15, -0.1) is 0 Å². The predicted molar refractivity (Wildman–Crippen MR) is 120 cm³/mol. The lowest BCUT2D eigenvalue weighted by molar-refractivity contribution is 0.102. The summed E-state index contributed by atoms with van der Waals surface area (Å²) in [6, 6.07) is 18.6. The van der Waals surface area contributed by atoms with Crippen LogP contribution in [0.1, 0.15) is 54.9 Å². The number of hydrogen-bond donors (Lipinski definition) is 1. The quantitative estimate of drug-likeness (QED) is 0.475. The molecule has 0 unspecified atom stereocenters. The van der Waals surface area contributed by atoms with Gasteiger partial charge in [0.2, 0.25) is 0 Å². The molecule has 0 aliphatic heterocycles. The Morgan fingerprint density at radius 3 is 2.33 bits per heavy atom. The number of aromatic nitrogens is 1. The Balaban J connectivity index is 1.67. The highest BCUT2D eigenvalue weighted by molar-refractivity contribution is 6.05. The number of nitrogens with zero attached hydrogens (tertiary/aromatic N) is 1. The lowest BCUT2D eigenvalue weighted by atomic mass is 10.1. The van der Waals surface area contributed by atoms with E-state index < -0.39 is 0 Å². The molecular weight excluding hydrogens is 376 g/mol. The number of pyridine rings is 1. The zero-order valence-corrected chi connectivity index (χ0v) is 17.9. The van der Waals surface area contributed by atoms with Gasteiger partial charge in [-0.25, -0.2) is 0 Å². The minimum absolute atomic E-state index is 0.178. The highest BCUT2D eigenvalue weighted by atomic mass is 16.5. The smallest absolute Gasteiger partial charge is 0.257 e. The molecule has 0 aliphatic carbocycles. The second-order valence-electron chi connectivity index (χ2n) is 7.40. The number of nitrogens with one attached hydrogen (secondary N) is 1. The van der Waals surface area contributed by atoms with Crippen LogP contribution >= 0.6 is 0 Å². The molecule has 0 saturated heterocycles. The summed E-state index contributed by atoms with van der Waals surface area (Å²) in [5, 5.41) is 2.92. The second kappa shape index (κ2) is 9.92. The van der Waals surface area contributed by atoms with E-state index in [4.69, 9.17) is 9.47 Å². The molecule has 1 amide bonds. The van der Waals surface area contributed by atoms with Crippen molar-refractivity contribution in [2.45, 2.75) is 40.0 Å². The van der Waals surface area contributed by atoms with E-state index in [2.05, 4.69) is 31.1 Å². The van der Waals surface area contributed by atoms with Gasteiger partial charge in [0.05, 0.1) is 17.9 Å². The number of benzene rings is 2. The van der Waals surface area contributed by atoms with Crippen LogP contribution in [0.2, 0.25) is 0 Å². The summed E-state index contributed by atoms with van der Waals surface area (Å²) in [6.45, 7) is 8.72. The predicted octanol–water partition coefficient (Wildman–Crippen LogP) is 6.35. The molecule has 0 spiro atoms. The lowest BCUT2D eigenvalue weighted by Crippen LogP contribution is -2.14. The van der Waals surface area contributed by atoms with Gasteiger partial charge in [0, 0.05) is 11.4 Å². The topological polar surface area (TPSA) is 60.5 Å². The summed E-state index contributed by atoms with van der Waals surface area (Å²) in [7, 11) is 0. The number of rotatable bonds is 8. The van der Waals surface area contributed by atoms with Crippen molar-refractivity contribution in [3.05, 3.63) is 77.6 Å². The summed E-state index contributed by atoms with van der Waals surface area (Å²) in [4.78, 5) is 17.2. The minimum atomic E-state index is -0.178. The Morgan fingerprint density at radius 2 is 1.70 bits per heavy atom. The van der Waals surface area contributed by atoms with Gasteiger partial charge in [-0.3, -0.25) is 9.78 Å². The first-order chi connectivity index (χ1) is 14.5. The molecule has 156 valence electrons. The number of anilines is 1. The van der Waals surface area contributed by atoms with Crippen molar-refractivity contribution in [3.8, 4) is 17.2 Å². The van der Waals surface area contributed by atoms with Crippen LogP contribution in [0.15, 0.2) is 60.7 Å². The molecule has 0 fully saturated rings. The SMILES string of the molecule is CCCOc1ccccc1Oc1ccc(NC(=O)c2ccc(C(C)C)nc2C)cc1. The highest BCUT2D eigenvalue weighted by Crippen LogP contribution is 2.32. The van der Waals surface area contributed by atoms with Crippen LogP contribution in [0.25, 0.3) is 0 Å². The highest BCUT2D eigenvalue weighted by Gasteiger charge is 2.13. The van der Waals surface area contributed by atoms with Gasteiger partial charge in [-0.05, 0) is 67.8 Å². The van der Waals surface area contributed by atoms with Crippen LogP contribution in [0.4, 0.5) is 5.69 Å². The fourth-order valence-corrected chi connectivity index (χ4v) is 2.94. The van der Waals surface area contributed by atoms with Crippen molar-refractivity contribution < 1.29 is 14.3 Å².